The average molecular weight is 287 g/mol. The van der Waals surface area contributed by atoms with Gasteiger partial charge in [0, 0.05) is 5.56 Å². The molecule has 0 saturated carbocycles. The summed E-state index contributed by atoms with van der Waals surface area (Å²) in [7, 11) is 0. The second-order valence-electron chi connectivity index (χ2n) is 5.82. The van der Waals surface area contributed by atoms with Gasteiger partial charge in [0.25, 0.3) is 5.91 Å². The van der Waals surface area contributed by atoms with E-state index in [2.05, 4.69) is 42.4 Å². The first-order valence-electron chi connectivity index (χ1n) is 7.60. The molecule has 1 aromatic carbocycles. The first-order valence-corrected chi connectivity index (χ1v) is 7.60. The number of nitrogens with one attached hydrogen (secondary N) is 3. The summed E-state index contributed by atoms with van der Waals surface area (Å²) >= 11 is 0. The molecular weight excluding hydrogens is 262 g/mol. The molecule has 4 heteroatoms. The molecule has 1 aliphatic heterocycles. The predicted octanol–water partition coefficient (Wildman–Crippen LogP) is -1.97. The van der Waals surface area contributed by atoms with Gasteiger partial charge in [-0.05, 0) is 6.92 Å². The Balaban J connectivity index is 1.73. The molecule has 1 aliphatic rings. The van der Waals surface area contributed by atoms with Crippen molar-refractivity contribution in [2.45, 2.75) is 13.5 Å². The van der Waals surface area contributed by atoms with Gasteiger partial charge in [0.2, 0.25) is 0 Å². The Morgan fingerprint density at radius 3 is 2.67 bits per heavy atom. The summed E-state index contributed by atoms with van der Waals surface area (Å²) in [6.45, 7) is 8.41. The van der Waals surface area contributed by atoms with Gasteiger partial charge in [-0.2, -0.15) is 0 Å². The fourth-order valence-electron chi connectivity index (χ4n) is 2.86. The van der Waals surface area contributed by atoms with Gasteiger partial charge in [0.1, 0.15) is 32.7 Å². The summed E-state index contributed by atoms with van der Waals surface area (Å²) < 4.78 is 0. The van der Waals surface area contributed by atoms with Crippen LogP contribution in [0.15, 0.2) is 24.3 Å². The molecule has 1 heterocycles. The van der Waals surface area contributed by atoms with E-state index in [-0.39, 0.29) is 5.91 Å². The maximum Gasteiger partial charge on any atom is 0.275 e. The monoisotopic (exact) mass is 287 g/mol. The Bertz CT molecular complexity index is 513. The van der Waals surface area contributed by atoms with Crippen LogP contribution in [-0.4, -0.2) is 45.2 Å². The molecule has 0 bridgehead atoms. The van der Waals surface area contributed by atoms with E-state index in [0.29, 0.717) is 13.1 Å². The van der Waals surface area contributed by atoms with E-state index >= 15 is 0 Å². The van der Waals surface area contributed by atoms with Crippen molar-refractivity contribution in [2.75, 3.05) is 39.3 Å². The SMILES string of the molecule is C#CCNC(=O)C[NH+]1CC[NH+](Cc2cccc(C)c2)CC1. The third-order valence-corrected chi connectivity index (χ3v) is 4.00. The largest absolute Gasteiger partial charge is 0.340 e. The highest BCUT2D eigenvalue weighted by atomic mass is 16.2. The lowest BCUT2D eigenvalue weighted by atomic mass is 10.1. The second-order valence-corrected chi connectivity index (χ2v) is 5.82. The number of aryl methyl sites for hydroxylation is 1. The molecule has 1 saturated heterocycles. The van der Waals surface area contributed by atoms with E-state index in [1.807, 2.05) is 0 Å². The van der Waals surface area contributed by atoms with Crippen molar-refractivity contribution in [2.24, 2.45) is 0 Å². The fraction of sp³-hybridized carbons (Fsp3) is 0.471. The van der Waals surface area contributed by atoms with Crippen LogP contribution in [-0.2, 0) is 11.3 Å². The van der Waals surface area contributed by atoms with Crippen LogP contribution in [0.1, 0.15) is 11.1 Å². The van der Waals surface area contributed by atoms with Gasteiger partial charge in [0.05, 0.1) is 6.54 Å². The summed E-state index contributed by atoms with van der Waals surface area (Å²) in [4.78, 5) is 14.6. The average Bonchev–Trinajstić information content (AvgIpc) is 2.47. The summed E-state index contributed by atoms with van der Waals surface area (Å²) in [5.41, 5.74) is 2.72. The molecule has 3 N–H and O–H groups in total. The van der Waals surface area contributed by atoms with Crippen LogP contribution in [0, 0.1) is 19.3 Å². The Morgan fingerprint density at radius 1 is 1.29 bits per heavy atom. The summed E-state index contributed by atoms with van der Waals surface area (Å²) in [5, 5.41) is 2.73. The van der Waals surface area contributed by atoms with E-state index in [1.165, 1.54) is 16.0 Å². The molecule has 1 fully saturated rings. The molecule has 4 nitrogen and oxygen atoms in total. The topological polar surface area (TPSA) is 38.0 Å². The van der Waals surface area contributed by atoms with Crippen molar-refractivity contribution in [1.29, 1.82) is 0 Å². The smallest absolute Gasteiger partial charge is 0.275 e. The van der Waals surface area contributed by atoms with E-state index in [0.717, 1.165) is 32.7 Å². The highest BCUT2D eigenvalue weighted by Gasteiger charge is 2.24. The standard InChI is InChI=1S/C17H23N3O/c1-3-7-18-17(21)14-20-10-8-19(9-11-20)13-16-6-4-5-15(2)12-16/h1,4-6,12H,7-11,13-14H2,2H3,(H,18,21)/p+2. The number of quaternary nitrogens is 2. The Morgan fingerprint density at radius 2 is 2.00 bits per heavy atom. The van der Waals surface area contributed by atoms with Crippen LogP contribution in [0.2, 0.25) is 0 Å². The molecule has 1 aromatic rings. The van der Waals surface area contributed by atoms with E-state index in [1.54, 1.807) is 4.90 Å². The van der Waals surface area contributed by atoms with Crippen LogP contribution in [0.3, 0.4) is 0 Å². The van der Waals surface area contributed by atoms with Crippen molar-refractivity contribution in [3.05, 3.63) is 35.4 Å². The van der Waals surface area contributed by atoms with Gasteiger partial charge in [-0.1, -0.05) is 35.7 Å². The van der Waals surface area contributed by atoms with Crippen molar-refractivity contribution < 1.29 is 14.6 Å². The zero-order valence-electron chi connectivity index (χ0n) is 12.7. The highest BCUT2D eigenvalue weighted by molar-refractivity contribution is 5.77. The lowest BCUT2D eigenvalue weighted by molar-refractivity contribution is -1.02. The van der Waals surface area contributed by atoms with Crippen LogP contribution in [0.4, 0.5) is 0 Å². The number of amides is 1. The number of piperazine rings is 1. The molecule has 0 aromatic heterocycles. The van der Waals surface area contributed by atoms with Gasteiger partial charge < -0.3 is 15.1 Å². The van der Waals surface area contributed by atoms with Gasteiger partial charge in [-0.3, -0.25) is 4.79 Å². The molecule has 21 heavy (non-hydrogen) atoms. The number of carbonyl (C=O) groups is 1. The fourth-order valence-corrected chi connectivity index (χ4v) is 2.86. The highest BCUT2D eigenvalue weighted by Crippen LogP contribution is 2.01. The first-order chi connectivity index (χ1) is 10.2. The minimum absolute atomic E-state index is 0.0603. The van der Waals surface area contributed by atoms with Crippen LogP contribution >= 0.6 is 0 Å². The summed E-state index contributed by atoms with van der Waals surface area (Å²) in [5.74, 6) is 2.49. The number of benzene rings is 1. The normalized spacial score (nSPS) is 21.5. The number of hydrogen-bond donors (Lipinski definition) is 3. The van der Waals surface area contributed by atoms with Gasteiger partial charge in [0.15, 0.2) is 6.54 Å². The second kappa shape index (κ2) is 7.82. The molecule has 0 aliphatic carbocycles. The zero-order chi connectivity index (χ0) is 15.1. The van der Waals surface area contributed by atoms with E-state index in [9.17, 15) is 4.79 Å². The quantitative estimate of drug-likeness (QED) is 0.540. The molecule has 0 unspecified atom stereocenters. The Hall–Kier alpha value is -1.83. The first kappa shape index (κ1) is 15.6. The minimum Gasteiger partial charge on any atom is -0.340 e. The van der Waals surface area contributed by atoms with Crippen molar-refractivity contribution in [3.8, 4) is 12.3 Å². The summed E-state index contributed by atoms with van der Waals surface area (Å²) in [6.07, 6.45) is 5.14. The third-order valence-electron chi connectivity index (χ3n) is 4.00. The molecule has 0 atom stereocenters. The molecule has 0 spiro atoms. The maximum absolute atomic E-state index is 11.6. The van der Waals surface area contributed by atoms with Crippen molar-refractivity contribution in [1.82, 2.24) is 5.32 Å². The lowest BCUT2D eigenvalue weighted by Gasteiger charge is -2.29. The summed E-state index contributed by atoms with van der Waals surface area (Å²) in [6, 6.07) is 8.73. The van der Waals surface area contributed by atoms with Gasteiger partial charge in [-0.25, -0.2) is 0 Å². The van der Waals surface area contributed by atoms with Crippen molar-refractivity contribution >= 4 is 5.91 Å². The number of rotatable bonds is 5. The van der Waals surface area contributed by atoms with Crippen LogP contribution < -0.4 is 15.1 Å². The molecule has 2 rings (SSSR count). The minimum atomic E-state index is 0.0603. The molecule has 1 amide bonds. The van der Waals surface area contributed by atoms with E-state index in [4.69, 9.17) is 6.42 Å². The maximum atomic E-state index is 11.6. The Labute approximate surface area is 127 Å². The van der Waals surface area contributed by atoms with E-state index < -0.39 is 0 Å². The Kier molecular flexibility index (Phi) is 5.79. The number of hydrogen-bond acceptors (Lipinski definition) is 1. The third kappa shape index (κ3) is 5.22. The molecule has 0 radical (unpaired) electrons. The lowest BCUT2D eigenvalue weighted by Crippen LogP contribution is -3.28. The molecular formula is C17H25N3O+2. The number of carbonyl (C=O) groups excluding carboxylic acids is 1. The number of terminal acetylenes is 1. The predicted molar refractivity (Wildman–Crippen MR) is 83.0 cm³/mol. The van der Waals surface area contributed by atoms with Gasteiger partial charge in [-0.15, -0.1) is 6.42 Å². The van der Waals surface area contributed by atoms with Crippen LogP contribution in [0.5, 0.6) is 0 Å². The van der Waals surface area contributed by atoms with Crippen LogP contribution in [0.25, 0.3) is 0 Å². The van der Waals surface area contributed by atoms with Gasteiger partial charge >= 0.3 is 0 Å². The zero-order valence-corrected chi connectivity index (χ0v) is 12.7. The van der Waals surface area contributed by atoms with Crippen molar-refractivity contribution in [3.63, 3.8) is 0 Å². The molecule has 112 valence electrons.